The molecule has 0 amide bonds. The van der Waals surface area contributed by atoms with Gasteiger partial charge in [0.2, 0.25) is 0 Å². The average molecular weight is 521 g/mol. The fourth-order valence-electron chi connectivity index (χ4n) is 4.68. The number of benzene rings is 1. The first kappa shape index (κ1) is 28.5. The molecule has 1 N–H and O–H groups in total. The SMILES string of the molecule is CC.COC(=O)c1ccc(C2CN(CCC(F)(F)F)CCN2Cc2c(OC)cc(C)c3[nH]ccc23)cn1. The topological polar surface area (TPSA) is 70.7 Å². The van der Waals surface area contributed by atoms with Crippen molar-refractivity contribution < 1.29 is 27.4 Å². The van der Waals surface area contributed by atoms with Crippen LogP contribution in [0.15, 0.2) is 36.7 Å². The molecule has 0 bridgehead atoms. The van der Waals surface area contributed by atoms with Crippen LogP contribution in [0.2, 0.25) is 0 Å². The minimum atomic E-state index is -4.20. The van der Waals surface area contributed by atoms with Gasteiger partial charge in [0, 0.05) is 67.6 Å². The number of ether oxygens (including phenoxy) is 2. The number of alkyl halides is 3. The Kier molecular flexibility index (Phi) is 9.56. The number of methoxy groups -OCH3 is 2. The maximum absolute atomic E-state index is 12.9. The second-order valence-corrected chi connectivity index (χ2v) is 8.76. The molecule has 1 aliphatic rings. The molecule has 202 valence electrons. The maximum atomic E-state index is 12.9. The second kappa shape index (κ2) is 12.4. The number of hydrogen-bond donors (Lipinski definition) is 1. The van der Waals surface area contributed by atoms with Crippen LogP contribution in [0.25, 0.3) is 10.9 Å². The first-order valence-electron chi connectivity index (χ1n) is 12.4. The number of carbonyl (C=O) groups is 1. The van der Waals surface area contributed by atoms with Crippen molar-refractivity contribution in [2.24, 2.45) is 0 Å². The molecule has 1 fully saturated rings. The predicted octanol–water partition coefficient (Wildman–Crippen LogP) is 5.50. The standard InChI is InChI=1S/C25H29F3N4O3.C2H6/c1-16-12-22(34-2)19(18-6-8-29-23(16)18)14-32-11-10-31(9-7-25(26,27)28)15-21(32)17-4-5-20(30-13-17)24(33)35-3;1-2/h4-6,8,12-13,21,29H,7,9-11,14-15H2,1-3H3;1-2H3. The number of pyridine rings is 1. The first-order chi connectivity index (χ1) is 17.7. The summed E-state index contributed by atoms with van der Waals surface area (Å²) in [5, 5.41) is 1.05. The molecule has 10 heteroatoms. The van der Waals surface area contributed by atoms with Gasteiger partial charge in [-0.2, -0.15) is 13.2 Å². The molecule has 3 heterocycles. The highest BCUT2D eigenvalue weighted by Gasteiger charge is 2.33. The summed E-state index contributed by atoms with van der Waals surface area (Å²) in [5.41, 5.74) is 4.13. The van der Waals surface area contributed by atoms with E-state index in [-0.39, 0.29) is 18.3 Å². The lowest BCUT2D eigenvalue weighted by molar-refractivity contribution is -0.139. The first-order valence-corrected chi connectivity index (χ1v) is 12.4. The normalized spacial score (nSPS) is 16.8. The maximum Gasteiger partial charge on any atom is 0.390 e. The van der Waals surface area contributed by atoms with Crippen LogP contribution in [0.4, 0.5) is 13.2 Å². The summed E-state index contributed by atoms with van der Waals surface area (Å²) in [4.78, 5) is 23.4. The van der Waals surface area contributed by atoms with Crippen molar-refractivity contribution in [1.82, 2.24) is 19.8 Å². The predicted molar refractivity (Wildman–Crippen MR) is 137 cm³/mol. The summed E-state index contributed by atoms with van der Waals surface area (Å²) in [7, 11) is 2.93. The van der Waals surface area contributed by atoms with Gasteiger partial charge >= 0.3 is 12.1 Å². The number of aryl methyl sites for hydroxylation is 1. The quantitative estimate of drug-likeness (QED) is 0.415. The number of H-pyrrole nitrogens is 1. The smallest absolute Gasteiger partial charge is 0.390 e. The molecule has 0 spiro atoms. The van der Waals surface area contributed by atoms with Gasteiger partial charge in [0.25, 0.3) is 0 Å². The van der Waals surface area contributed by atoms with Crippen LogP contribution in [0.5, 0.6) is 5.75 Å². The van der Waals surface area contributed by atoms with Crippen LogP contribution < -0.4 is 4.74 Å². The molecule has 0 radical (unpaired) electrons. The largest absolute Gasteiger partial charge is 0.496 e. The molecule has 3 aromatic rings. The lowest BCUT2D eigenvalue weighted by atomic mass is 10.00. The Morgan fingerprint density at radius 2 is 1.95 bits per heavy atom. The van der Waals surface area contributed by atoms with E-state index in [1.54, 1.807) is 25.4 Å². The summed E-state index contributed by atoms with van der Waals surface area (Å²) in [6.45, 7) is 8.02. The molecule has 0 saturated carbocycles. The van der Waals surface area contributed by atoms with Gasteiger partial charge in [0.05, 0.1) is 20.6 Å². The Morgan fingerprint density at radius 3 is 2.57 bits per heavy atom. The van der Waals surface area contributed by atoms with Crippen LogP contribution in [-0.2, 0) is 11.3 Å². The molecular formula is C27H35F3N4O3. The number of fused-ring (bicyclic) bond motifs is 1. The zero-order valence-corrected chi connectivity index (χ0v) is 22.0. The van der Waals surface area contributed by atoms with Gasteiger partial charge in [-0.25, -0.2) is 9.78 Å². The van der Waals surface area contributed by atoms with E-state index < -0.39 is 18.6 Å². The van der Waals surface area contributed by atoms with Crippen molar-refractivity contribution in [3.63, 3.8) is 0 Å². The molecule has 37 heavy (non-hydrogen) atoms. The van der Waals surface area contributed by atoms with Crippen molar-refractivity contribution in [3.05, 3.63) is 59.0 Å². The number of carbonyl (C=O) groups excluding carboxylic acids is 1. The summed E-state index contributed by atoms with van der Waals surface area (Å²) in [6.07, 6.45) is -1.56. The number of hydrogen-bond acceptors (Lipinski definition) is 6. The minimum Gasteiger partial charge on any atom is -0.496 e. The Morgan fingerprint density at radius 1 is 1.19 bits per heavy atom. The number of piperazine rings is 1. The molecular weight excluding hydrogens is 485 g/mol. The third kappa shape index (κ3) is 6.81. The number of aromatic nitrogens is 2. The molecule has 0 aliphatic carbocycles. The number of nitrogens with one attached hydrogen (secondary N) is 1. The van der Waals surface area contributed by atoms with E-state index in [9.17, 15) is 18.0 Å². The molecule has 1 atom stereocenters. The van der Waals surface area contributed by atoms with E-state index in [1.807, 2.05) is 44.0 Å². The van der Waals surface area contributed by atoms with Gasteiger partial charge < -0.3 is 14.5 Å². The molecule has 1 aromatic carbocycles. The van der Waals surface area contributed by atoms with E-state index in [2.05, 4.69) is 14.9 Å². The van der Waals surface area contributed by atoms with Gasteiger partial charge in [-0.3, -0.25) is 9.80 Å². The van der Waals surface area contributed by atoms with Crippen molar-refractivity contribution in [2.45, 2.75) is 46.0 Å². The van der Waals surface area contributed by atoms with E-state index >= 15 is 0 Å². The Balaban J connectivity index is 0.00000186. The van der Waals surface area contributed by atoms with E-state index in [0.717, 1.165) is 33.3 Å². The molecule has 2 aromatic heterocycles. The van der Waals surface area contributed by atoms with Crippen molar-refractivity contribution >= 4 is 16.9 Å². The Bertz CT molecular complexity index is 1180. The molecule has 1 aliphatic heterocycles. The fourth-order valence-corrected chi connectivity index (χ4v) is 4.68. The number of rotatable bonds is 7. The molecule has 1 saturated heterocycles. The minimum absolute atomic E-state index is 0.0581. The third-order valence-electron chi connectivity index (χ3n) is 6.55. The number of esters is 1. The van der Waals surface area contributed by atoms with Crippen molar-refractivity contribution in [1.29, 1.82) is 0 Å². The molecule has 1 unspecified atom stereocenters. The van der Waals surface area contributed by atoms with Gasteiger partial charge in [0.1, 0.15) is 11.4 Å². The van der Waals surface area contributed by atoms with Gasteiger partial charge in [-0.15, -0.1) is 0 Å². The number of nitrogens with zero attached hydrogens (tertiary/aromatic N) is 3. The van der Waals surface area contributed by atoms with E-state index in [0.29, 0.717) is 26.2 Å². The van der Waals surface area contributed by atoms with E-state index in [1.165, 1.54) is 7.11 Å². The van der Waals surface area contributed by atoms with Gasteiger partial charge in [-0.1, -0.05) is 19.9 Å². The van der Waals surface area contributed by atoms with Crippen molar-refractivity contribution in [2.75, 3.05) is 40.4 Å². The van der Waals surface area contributed by atoms with Crippen LogP contribution in [0.1, 0.15) is 53.5 Å². The molecule has 7 nitrogen and oxygen atoms in total. The van der Waals surface area contributed by atoms with Gasteiger partial charge in [0.15, 0.2) is 0 Å². The molecule has 4 rings (SSSR count). The highest BCUT2D eigenvalue weighted by molar-refractivity contribution is 5.88. The van der Waals surface area contributed by atoms with E-state index in [4.69, 9.17) is 9.47 Å². The summed E-state index contributed by atoms with van der Waals surface area (Å²) < 4.78 is 49.0. The average Bonchev–Trinajstić information content (AvgIpc) is 3.40. The summed E-state index contributed by atoms with van der Waals surface area (Å²) in [5.74, 6) is 0.232. The Hall–Kier alpha value is -3.11. The van der Waals surface area contributed by atoms with Crippen LogP contribution >= 0.6 is 0 Å². The Labute approximate surface area is 215 Å². The number of aromatic amines is 1. The zero-order chi connectivity index (χ0) is 27.2. The second-order valence-electron chi connectivity index (χ2n) is 8.76. The summed E-state index contributed by atoms with van der Waals surface area (Å²) in [6, 6.07) is 7.18. The third-order valence-corrected chi connectivity index (χ3v) is 6.55. The lowest BCUT2D eigenvalue weighted by Gasteiger charge is -2.42. The zero-order valence-electron chi connectivity index (χ0n) is 22.0. The highest BCUT2D eigenvalue weighted by Crippen LogP contribution is 2.35. The monoisotopic (exact) mass is 520 g/mol. The van der Waals surface area contributed by atoms with Crippen LogP contribution in [0.3, 0.4) is 0 Å². The van der Waals surface area contributed by atoms with Crippen LogP contribution in [-0.4, -0.2) is 72.3 Å². The highest BCUT2D eigenvalue weighted by atomic mass is 19.4. The lowest BCUT2D eigenvalue weighted by Crippen LogP contribution is -2.48. The number of halogens is 3. The fraction of sp³-hybridized carbons (Fsp3) is 0.481. The summed E-state index contributed by atoms with van der Waals surface area (Å²) >= 11 is 0. The van der Waals surface area contributed by atoms with Crippen molar-refractivity contribution in [3.8, 4) is 5.75 Å². The van der Waals surface area contributed by atoms with Gasteiger partial charge in [-0.05, 0) is 36.2 Å². The van der Waals surface area contributed by atoms with Crippen LogP contribution in [0, 0.1) is 6.92 Å².